The number of hydrogen-bond acceptors (Lipinski definition) is 4. The molecule has 2 aliphatic rings. The molecule has 2 aromatic rings. The van der Waals surface area contributed by atoms with Crippen LogP contribution in [0.5, 0.6) is 5.75 Å². The molecular weight excluding hydrogens is 326 g/mol. The number of nitrogens with zero attached hydrogens (tertiary/aromatic N) is 1. The molecule has 4 rings (SSSR count). The smallest absolute Gasteiger partial charge is 0.363 e. The Morgan fingerprint density at radius 3 is 2.92 bits per heavy atom. The normalized spacial score (nSPS) is 20.6. The maximum Gasteiger partial charge on any atom is 0.363 e. The number of ether oxygens (including phenoxy) is 2. The Morgan fingerprint density at radius 2 is 2.08 bits per heavy atom. The molecule has 2 heterocycles. The molecule has 0 radical (unpaired) electrons. The van der Waals surface area contributed by atoms with Gasteiger partial charge >= 0.3 is 5.97 Å². The van der Waals surface area contributed by atoms with Gasteiger partial charge in [-0.05, 0) is 48.4 Å². The van der Waals surface area contributed by atoms with E-state index in [1.807, 2.05) is 37.3 Å². The SMILES string of the molecule is C[C@H]1Cc2cc(/C=C3\N=C(c4ccccc4Cl)OC3=O)ccc2O1. The van der Waals surface area contributed by atoms with E-state index in [0.29, 0.717) is 10.6 Å². The number of fused-ring (bicyclic) bond motifs is 1. The Labute approximate surface area is 144 Å². The highest BCUT2D eigenvalue weighted by Gasteiger charge is 2.26. The second-order valence-corrected chi connectivity index (χ2v) is 6.22. The number of aliphatic imine (C=N–C) groups is 1. The third-order valence-corrected chi connectivity index (χ3v) is 4.28. The maximum atomic E-state index is 12.1. The van der Waals surface area contributed by atoms with Crippen molar-refractivity contribution in [1.82, 2.24) is 0 Å². The van der Waals surface area contributed by atoms with Crippen molar-refractivity contribution in [1.29, 1.82) is 0 Å². The van der Waals surface area contributed by atoms with E-state index in [2.05, 4.69) is 4.99 Å². The Balaban J connectivity index is 1.67. The lowest BCUT2D eigenvalue weighted by molar-refractivity contribution is -0.129. The van der Waals surface area contributed by atoms with Gasteiger partial charge in [0, 0.05) is 6.42 Å². The van der Waals surface area contributed by atoms with E-state index in [0.717, 1.165) is 23.3 Å². The Kier molecular flexibility index (Phi) is 3.62. The number of carbonyl (C=O) groups excluding carboxylic acids is 1. The van der Waals surface area contributed by atoms with Gasteiger partial charge in [0.2, 0.25) is 5.90 Å². The molecule has 5 heteroatoms. The van der Waals surface area contributed by atoms with Crippen molar-refractivity contribution in [2.45, 2.75) is 19.4 Å². The zero-order valence-electron chi connectivity index (χ0n) is 13.0. The van der Waals surface area contributed by atoms with E-state index in [-0.39, 0.29) is 17.7 Å². The van der Waals surface area contributed by atoms with Gasteiger partial charge < -0.3 is 9.47 Å². The predicted octanol–water partition coefficient (Wildman–Crippen LogP) is 4.01. The zero-order chi connectivity index (χ0) is 16.7. The first kappa shape index (κ1) is 15.0. The van der Waals surface area contributed by atoms with E-state index < -0.39 is 5.97 Å². The quantitative estimate of drug-likeness (QED) is 0.613. The van der Waals surface area contributed by atoms with Gasteiger partial charge in [0.15, 0.2) is 5.70 Å². The van der Waals surface area contributed by atoms with Crippen molar-refractivity contribution in [3.63, 3.8) is 0 Å². The van der Waals surface area contributed by atoms with Crippen molar-refractivity contribution in [3.05, 3.63) is 69.9 Å². The fraction of sp³-hybridized carbons (Fsp3) is 0.158. The molecule has 0 unspecified atom stereocenters. The number of esters is 1. The molecule has 2 aromatic carbocycles. The molecule has 0 saturated carbocycles. The molecule has 0 saturated heterocycles. The molecule has 0 N–H and O–H groups in total. The molecule has 4 nitrogen and oxygen atoms in total. The van der Waals surface area contributed by atoms with Crippen molar-refractivity contribution in [3.8, 4) is 5.75 Å². The number of cyclic esters (lactones) is 1. The van der Waals surface area contributed by atoms with Gasteiger partial charge in [-0.3, -0.25) is 0 Å². The summed E-state index contributed by atoms with van der Waals surface area (Å²) < 4.78 is 10.9. The molecular formula is C19H14ClNO3. The summed E-state index contributed by atoms with van der Waals surface area (Å²) in [6, 6.07) is 13.0. The van der Waals surface area contributed by atoms with Crippen LogP contribution in [0.2, 0.25) is 5.02 Å². The van der Waals surface area contributed by atoms with Crippen LogP contribution in [-0.2, 0) is 16.0 Å². The van der Waals surface area contributed by atoms with E-state index in [9.17, 15) is 4.79 Å². The monoisotopic (exact) mass is 339 g/mol. The van der Waals surface area contributed by atoms with E-state index >= 15 is 0 Å². The van der Waals surface area contributed by atoms with Gasteiger partial charge in [0.1, 0.15) is 11.9 Å². The summed E-state index contributed by atoms with van der Waals surface area (Å²) in [6.45, 7) is 2.03. The number of hydrogen-bond donors (Lipinski definition) is 0. The van der Waals surface area contributed by atoms with E-state index in [1.54, 1.807) is 18.2 Å². The number of benzene rings is 2. The Bertz CT molecular complexity index is 901. The Hall–Kier alpha value is -2.59. The van der Waals surface area contributed by atoms with E-state index in [4.69, 9.17) is 21.1 Å². The van der Waals surface area contributed by atoms with Crippen molar-refractivity contribution in [2.24, 2.45) is 4.99 Å². The first-order valence-corrected chi connectivity index (χ1v) is 8.05. The van der Waals surface area contributed by atoms with Crippen molar-refractivity contribution < 1.29 is 14.3 Å². The summed E-state index contributed by atoms with van der Waals surface area (Å²) in [7, 11) is 0. The molecule has 0 aromatic heterocycles. The topological polar surface area (TPSA) is 47.9 Å². The maximum absolute atomic E-state index is 12.1. The summed E-state index contributed by atoms with van der Waals surface area (Å²) in [5, 5.41) is 0.494. The van der Waals surface area contributed by atoms with Crippen LogP contribution < -0.4 is 4.74 Å². The average molecular weight is 340 g/mol. The number of carbonyl (C=O) groups is 1. The molecule has 24 heavy (non-hydrogen) atoms. The second-order valence-electron chi connectivity index (χ2n) is 5.82. The van der Waals surface area contributed by atoms with Gasteiger partial charge in [0.25, 0.3) is 0 Å². The summed E-state index contributed by atoms with van der Waals surface area (Å²) in [4.78, 5) is 16.4. The summed E-state index contributed by atoms with van der Waals surface area (Å²) >= 11 is 6.13. The minimum absolute atomic E-state index is 0.184. The number of halogens is 1. The van der Waals surface area contributed by atoms with Gasteiger partial charge in [-0.2, -0.15) is 0 Å². The molecule has 0 fully saturated rings. The molecule has 120 valence electrons. The van der Waals surface area contributed by atoms with Crippen LogP contribution in [0.1, 0.15) is 23.6 Å². The van der Waals surface area contributed by atoms with Gasteiger partial charge in [0.05, 0.1) is 10.6 Å². The van der Waals surface area contributed by atoms with Crippen LogP contribution in [0.15, 0.2) is 53.2 Å². The van der Waals surface area contributed by atoms with E-state index in [1.165, 1.54) is 0 Å². The first-order chi connectivity index (χ1) is 11.6. The summed E-state index contributed by atoms with van der Waals surface area (Å²) in [5.41, 5.74) is 2.89. The van der Waals surface area contributed by atoms with Crippen LogP contribution in [0.25, 0.3) is 6.08 Å². The van der Waals surface area contributed by atoms with Crippen molar-refractivity contribution in [2.75, 3.05) is 0 Å². The molecule has 0 aliphatic carbocycles. The highest BCUT2D eigenvalue weighted by Crippen LogP contribution is 2.30. The summed E-state index contributed by atoms with van der Waals surface area (Å²) in [5.74, 6) is 0.656. The lowest BCUT2D eigenvalue weighted by Gasteiger charge is -2.02. The number of rotatable bonds is 2. The third kappa shape index (κ3) is 2.69. The fourth-order valence-electron chi connectivity index (χ4n) is 2.85. The van der Waals surface area contributed by atoms with Crippen LogP contribution in [-0.4, -0.2) is 18.0 Å². The minimum atomic E-state index is -0.477. The van der Waals surface area contributed by atoms with Crippen LogP contribution in [0.4, 0.5) is 0 Å². The fourth-order valence-corrected chi connectivity index (χ4v) is 3.07. The van der Waals surface area contributed by atoms with Gasteiger partial charge in [-0.25, -0.2) is 9.79 Å². The standard InChI is InChI=1S/C19H14ClNO3/c1-11-8-13-9-12(6-7-17(13)23-11)10-16-19(22)24-18(21-16)14-4-2-3-5-15(14)20/h2-7,9-11H,8H2,1H3/b16-10-/t11-/m0/s1. The lowest BCUT2D eigenvalue weighted by atomic mass is 10.1. The highest BCUT2D eigenvalue weighted by molar-refractivity contribution is 6.34. The lowest BCUT2D eigenvalue weighted by Crippen LogP contribution is -2.05. The third-order valence-electron chi connectivity index (χ3n) is 3.95. The predicted molar refractivity (Wildman–Crippen MR) is 92.3 cm³/mol. The van der Waals surface area contributed by atoms with Gasteiger partial charge in [-0.15, -0.1) is 0 Å². The average Bonchev–Trinajstić information content (AvgIpc) is 3.09. The Morgan fingerprint density at radius 1 is 1.25 bits per heavy atom. The minimum Gasteiger partial charge on any atom is -0.490 e. The van der Waals surface area contributed by atoms with Gasteiger partial charge in [-0.1, -0.05) is 29.8 Å². The van der Waals surface area contributed by atoms with Crippen LogP contribution in [0.3, 0.4) is 0 Å². The van der Waals surface area contributed by atoms with Crippen LogP contribution >= 0.6 is 11.6 Å². The molecule has 2 aliphatic heterocycles. The molecule has 0 amide bonds. The first-order valence-electron chi connectivity index (χ1n) is 7.67. The van der Waals surface area contributed by atoms with Crippen molar-refractivity contribution >= 4 is 29.5 Å². The summed E-state index contributed by atoms with van der Waals surface area (Å²) in [6.07, 6.45) is 2.77. The second kappa shape index (κ2) is 5.80. The molecule has 0 bridgehead atoms. The highest BCUT2D eigenvalue weighted by atomic mass is 35.5. The largest absolute Gasteiger partial charge is 0.490 e. The zero-order valence-corrected chi connectivity index (χ0v) is 13.7. The van der Waals surface area contributed by atoms with Crippen LogP contribution in [0, 0.1) is 0 Å². The molecule has 1 atom stereocenters. The molecule has 0 spiro atoms.